The zero-order valence-corrected chi connectivity index (χ0v) is 15.4. The summed E-state index contributed by atoms with van der Waals surface area (Å²) in [6, 6.07) is 7.58. The third kappa shape index (κ3) is 2.95. The van der Waals surface area contributed by atoms with Gasteiger partial charge in [0.2, 0.25) is 0 Å². The molecule has 0 bridgehead atoms. The van der Waals surface area contributed by atoms with E-state index < -0.39 is 0 Å². The molecule has 1 fully saturated rings. The number of benzene rings is 1. The van der Waals surface area contributed by atoms with Crippen molar-refractivity contribution in [3.63, 3.8) is 0 Å². The van der Waals surface area contributed by atoms with Crippen molar-refractivity contribution in [1.82, 2.24) is 9.80 Å². The molecule has 0 radical (unpaired) electrons. The van der Waals surface area contributed by atoms with Crippen LogP contribution in [0.4, 0.5) is 5.69 Å². The van der Waals surface area contributed by atoms with Gasteiger partial charge in [-0.25, -0.2) is 0 Å². The standard InChI is InChI=1S/C18H25N3OS/c1-12-9-21(10-13(2)20(12)5)14-6-7-17-15(8-14)16(11-23-17)18(22)19(3)4/h6-8,11-13H,9-10H2,1-5H3/t12-,13+. The van der Waals surface area contributed by atoms with Gasteiger partial charge in [0.15, 0.2) is 0 Å². The van der Waals surface area contributed by atoms with Crippen LogP contribution >= 0.6 is 11.3 Å². The number of thiophene rings is 1. The van der Waals surface area contributed by atoms with E-state index >= 15 is 0 Å². The minimum atomic E-state index is 0.0773. The number of piperazine rings is 1. The lowest BCUT2D eigenvalue weighted by Gasteiger charge is -2.43. The zero-order chi connectivity index (χ0) is 16.7. The molecule has 2 atom stereocenters. The van der Waals surface area contributed by atoms with E-state index in [0.29, 0.717) is 12.1 Å². The van der Waals surface area contributed by atoms with E-state index in [0.717, 1.165) is 24.0 Å². The second kappa shape index (κ2) is 6.13. The normalized spacial score (nSPS) is 22.6. The molecule has 1 amide bonds. The van der Waals surface area contributed by atoms with Crippen LogP contribution in [0.15, 0.2) is 23.6 Å². The molecule has 1 aromatic carbocycles. The fourth-order valence-electron chi connectivity index (χ4n) is 3.24. The fourth-order valence-corrected chi connectivity index (χ4v) is 4.15. The van der Waals surface area contributed by atoms with Gasteiger partial charge in [0, 0.05) is 60.4 Å². The first kappa shape index (κ1) is 16.3. The molecule has 4 nitrogen and oxygen atoms in total. The molecule has 0 N–H and O–H groups in total. The van der Waals surface area contributed by atoms with E-state index in [9.17, 15) is 4.79 Å². The molecule has 1 aliphatic rings. The summed E-state index contributed by atoms with van der Waals surface area (Å²) in [6.45, 7) is 6.58. The van der Waals surface area contributed by atoms with Crippen molar-refractivity contribution < 1.29 is 4.79 Å². The van der Waals surface area contributed by atoms with E-state index in [1.165, 1.54) is 10.4 Å². The van der Waals surface area contributed by atoms with Gasteiger partial charge in [0.1, 0.15) is 0 Å². The molecular weight excluding hydrogens is 306 g/mol. The molecule has 124 valence electrons. The summed E-state index contributed by atoms with van der Waals surface area (Å²) >= 11 is 1.64. The van der Waals surface area contributed by atoms with Gasteiger partial charge < -0.3 is 9.80 Å². The smallest absolute Gasteiger partial charge is 0.254 e. The Kier molecular flexibility index (Phi) is 4.34. The van der Waals surface area contributed by atoms with Crippen LogP contribution < -0.4 is 4.90 Å². The van der Waals surface area contributed by atoms with Gasteiger partial charge in [-0.3, -0.25) is 9.69 Å². The number of rotatable bonds is 2. The largest absolute Gasteiger partial charge is 0.368 e. The van der Waals surface area contributed by atoms with E-state index in [1.54, 1.807) is 30.3 Å². The van der Waals surface area contributed by atoms with Gasteiger partial charge in [0.25, 0.3) is 5.91 Å². The number of anilines is 1. The van der Waals surface area contributed by atoms with Crippen LogP contribution in [0, 0.1) is 0 Å². The summed E-state index contributed by atoms with van der Waals surface area (Å²) in [6.07, 6.45) is 0. The molecule has 1 aromatic heterocycles. The third-order valence-corrected chi connectivity index (χ3v) is 5.88. The quantitative estimate of drug-likeness (QED) is 0.846. The maximum absolute atomic E-state index is 12.4. The number of fused-ring (bicyclic) bond motifs is 1. The molecule has 0 unspecified atom stereocenters. The summed E-state index contributed by atoms with van der Waals surface area (Å²) in [5, 5.41) is 3.05. The van der Waals surface area contributed by atoms with Crippen molar-refractivity contribution in [3.05, 3.63) is 29.1 Å². The van der Waals surface area contributed by atoms with E-state index in [4.69, 9.17) is 0 Å². The summed E-state index contributed by atoms with van der Waals surface area (Å²) in [4.78, 5) is 18.9. The van der Waals surface area contributed by atoms with Gasteiger partial charge in [-0.05, 0) is 39.1 Å². The Bertz CT molecular complexity index is 712. The predicted molar refractivity (Wildman–Crippen MR) is 98.7 cm³/mol. The van der Waals surface area contributed by atoms with Crippen molar-refractivity contribution in [3.8, 4) is 0 Å². The topological polar surface area (TPSA) is 26.8 Å². The maximum atomic E-state index is 12.4. The van der Waals surface area contributed by atoms with Crippen LogP contribution in [0.25, 0.3) is 10.1 Å². The maximum Gasteiger partial charge on any atom is 0.254 e. The third-order valence-electron chi connectivity index (χ3n) is 4.92. The highest BCUT2D eigenvalue weighted by Crippen LogP contribution is 2.32. The number of hydrogen-bond acceptors (Lipinski definition) is 4. The lowest BCUT2D eigenvalue weighted by atomic mass is 10.1. The molecule has 1 saturated heterocycles. The number of carbonyl (C=O) groups is 1. The Morgan fingerprint density at radius 2 is 1.87 bits per heavy atom. The highest BCUT2D eigenvalue weighted by Gasteiger charge is 2.27. The van der Waals surface area contributed by atoms with Crippen molar-refractivity contribution in [2.75, 3.05) is 39.1 Å². The summed E-state index contributed by atoms with van der Waals surface area (Å²) in [5.41, 5.74) is 2.03. The number of hydrogen-bond donors (Lipinski definition) is 0. The molecule has 0 aliphatic carbocycles. The number of nitrogens with zero attached hydrogens (tertiary/aromatic N) is 3. The Morgan fingerprint density at radius 1 is 1.22 bits per heavy atom. The van der Waals surface area contributed by atoms with Crippen LogP contribution in [-0.4, -0.2) is 62.0 Å². The van der Waals surface area contributed by atoms with Crippen LogP contribution in [0.2, 0.25) is 0 Å². The summed E-state index contributed by atoms with van der Waals surface area (Å²) in [5.74, 6) is 0.0773. The van der Waals surface area contributed by atoms with Crippen molar-refractivity contribution in [1.29, 1.82) is 0 Å². The molecule has 5 heteroatoms. The van der Waals surface area contributed by atoms with Crippen molar-refractivity contribution in [2.24, 2.45) is 0 Å². The Morgan fingerprint density at radius 3 is 2.48 bits per heavy atom. The fraction of sp³-hybridized carbons (Fsp3) is 0.500. The van der Waals surface area contributed by atoms with Gasteiger partial charge in [0.05, 0.1) is 5.56 Å². The lowest BCUT2D eigenvalue weighted by molar-refractivity contribution is 0.0830. The second-order valence-corrected chi connectivity index (χ2v) is 7.71. The molecule has 1 aliphatic heterocycles. The van der Waals surface area contributed by atoms with Crippen LogP contribution in [0.5, 0.6) is 0 Å². The molecule has 2 heterocycles. The first-order valence-electron chi connectivity index (χ1n) is 8.08. The lowest BCUT2D eigenvalue weighted by Crippen LogP contribution is -2.55. The van der Waals surface area contributed by atoms with Crippen molar-refractivity contribution >= 4 is 33.0 Å². The van der Waals surface area contributed by atoms with Crippen LogP contribution in [0.1, 0.15) is 24.2 Å². The van der Waals surface area contributed by atoms with Gasteiger partial charge in [-0.1, -0.05) is 0 Å². The number of likely N-dealkylation sites (N-methyl/N-ethyl adjacent to an activating group) is 1. The molecule has 3 rings (SSSR count). The average Bonchev–Trinajstić information content (AvgIpc) is 2.94. The summed E-state index contributed by atoms with van der Waals surface area (Å²) < 4.78 is 1.18. The summed E-state index contributed by atoms with van der Waals surface area (Å²) in [7, 11) is 5.81. The molecule has 0 spiro atoms. The van der Waals surface area contributed by atoms with Gasteiger partial charge in [-0.2, -0.15) is 0 Å². The van der Waals surface area contributed by atoms with Gasteiger partial charge >= 0.3 is 0 Å². The highest BCUT2D eigenvalue weighted by atomic mass is 32.1. The van der Waals surface area contributed by atoms with Gasteiger partial charge in [-0.15, -0.1) is 11.3 Å². The second-order valence-electron chi connectivity index (χ2n) is 6.80. The average molecular weight is 331 g/mol. The monoisotopic (exact) mass is 331 g/mol. The minimum absolute atomic E-state index is 0.0773. The molecule has 2 aromatic rings. The van der Waals surface area contributed by atoms with Crippen LogP contribution in [0.3, 0.4) is 0 Å². The van der Waals surface area contributed by atoms with Crippen LogP contribution in [-0.2, 0) is 0 Å². The molecule has 23 heavy (non-hydrogen) atoms. The molecular formula is C18H25N3OS. The predicted octanol–water partition coefficient (Wildman–Crippen LogP) is 3.13. The first-order valence-corrected chi connectivity index (χ1v) is 8.96. The molecule has 0 saturated carbocycles. The Hall–Kier alpha value is -1.59. The number of amides is 1. The van der Waals surface area contributed by atoms with E-state index in [1.807, 2.05) is 5.38 Å². The minimum Gasteiger partial charge on any atom is -0.368 e. The number of carbonyl (C=O) groups excluding carboxylic acids is 1. The zero-order valence-electron chi connectivity index (χ0n) is 14.5. The van der Waals surface area contributed by atoms with Crippen molar-refractivity contribution in [2.45, 2.75) is 25.9 Å². The first-order chi connectivity index (χ1) is 10.9. The van der Waals surface area contributed by atoms with E-state index in [2.05, 4.69) is 48.9 Å². The highest BCUT2D eigenvalue weighted by molar-refractivity contribution is 7.17. The Balaban J connectivity index is 1.96. The Labute approximate surface area is 142 Å². The SMILES string of the molecule is C[C@@H]1CN(c2ccc3scc(C(=O)N(C)C)c3c2)C[C@H](C)N1C. The van der Waals surface area contributed by atoms with E-state index in [-0.39, 0.29) is 5.91 Å².